The van der Waals surface area contributed by atoms with Crippen LogP contribution in [0.15, 0.2) is 79.0 Å². The Bertz CT molecular complexity index is 958. The molecule has 5 heteroatoms. The number of carbonyl (C=O) groups excluding carboxylic acids is 2. The topological polar surface area (TPSA) is 62.3 Å². The van der Waals surface area contributed by atoms with E-state index in [4.69, 9.17) is 0 Å². The van der Waals surface area contributed by atoms with Gasteiger partial charge in [-0.05, 0) is 29.3 Å². The number of benzene rings is 2. The molecule has 1 unspecified atom stereocenters. The lowest BCUT2D eigenvalue weighted by molar-refractivity contribution is 0.0928. The molecule has 1 aromatic heterocycles. The molecule has 0 saturated carbocycles. The highest BCUT2D eigenvalue weighted by atomic mass is 16.2. The van der Waals surface area contributed by atoms with Gasteiger partial charge in [0.25, 0.3) is 0 Å². The number of amides is 2. The van der Waals surface area contributed by atoms with Gasteiger partial charge in [-0.3, -0.25) is 9.78 Å². The number of urea groups is 1. The number of rotatable bonds is 5. The Labute approximate surface area is 157 Å². The fraction of sp³-hybridized carbons (Fsp3) is 0.136. The molecular formula is C22H19N3O2. The highest BCUT2D eigenvalue weighted by molar-refractivity contribution is 5.97. The largest absolute Gasteiger partial charge is 0.322 e. The lowest BCUT2D eigenvalue weighted by Crippen LogP contribution is -2.42. The Balaban J connectivity index is 1.68. The average Bonchev–Trinajstić information content (AvgIpc) is 2.72. The van der Waals surface area contributed by atoms with Gasteiger partial charge in [0, 0.05) is 24.8 Å². The van der Waals surface area contributed by atoms with Crippen LogP contribution in [-0.4, -0.2) is 21.7 Å². The molecular weight excluding hydrogens is 338 g/mol. The van der Waals surface area contributed by atoms with Crippen molar-refractivity contribution in [2.75, 3.05) is 5.32 Å². The third-order valence-corrected chi connectivity index (χ3v) is 4.72. The zero-order valence-corrected chi connectivity index (χ0v) is 14.7. The molecule has 1 aliphatic heterocycles. The second-order valence-corrected chi connectivity index (χ2v) is 6.49. The van der Waals surface area contributed by atoms with E-state index in [0.29, 0.717) is 12.2 Å². The molecule has 0 spiro atoms. The molecule has 0 aliphatic carbocycles. The molecule has 2 aromatic carbocycles. The Hall–Kier alpha value is -3.47. The summed E-state index contributed by atoms with van der Waals surface area (Å²) in [6, 6.07) is 22.2. The Morgan fingerprint density at radius 1 is 0.963 bits per heavy atom. The summed E-state index contributed by atoms with van der Waals surface area (Å²) in [6.07, 6.45) is 1.80. The monoisotopic (exact) mass is 357 g/mol. The molecule has 3 aromatic rings. The zero-order chi connectivity index (χ0) is 18.6. The standard InChI is InChI=1S/C22H19N3O2/c26-21(19-12-6-7-13-23-19)14-20-17-10-4-5-11-18(17)24-22(27)25(20)15-16-8-2-1-3-9-16/h1-13,20H,14-15H2,(H,24,27). The zero-order valence-electron chi connectivity index (χ0n) is 14.7. The van der Waals surface area contributed by atoms with Crippen LogP contribution in [0.4, 0.5) is 10.5 Å². The van der Waals surface area contributed by atoms with Crippen molar-refractivity contribution in [3.8, 4) is 0 Å². The molecule has 1 N–H and O–H groups in total. The van der Waals surface area contributed by atoms with Gasteiger partial charge in [0.15, 0.2) is 5.78 Å². The van der Waals surface area contributed by atoms with Crippen LogP contribution in [0, 0.1) is 0 Å². The number of nitrogens with one attached hydrogen (secondary N) is 1. The number of nitrogens with zero attached hydrogens (tertiary/aromatic N) is 2. The second kappa shape index (κ2) is 7.41. The van der Waals surface area contributed by atoms with Crippen LogP contribution in [0.2, 0.25) is 0 Å². The molecule has 0 radical (unpaired) electrons. The van der Waals surface area contributed by atoms with Crippen LogP contribution in [0.25, 0.3) is 0 Å². The van der Waals surface area contributed by atoms with Crippen molar-refractivity contribution in [3.05, 3.63) is 95.8 Å². The molecule has 4 rings (SSSR count). The van der Waals surface area contributed by atoms with E-state index >= 15 is 0 Å². The van der Waals surface area contributed by atoms with E-state index in [-0.39, 0.29) is 24.3 Å². The van der Waals surface area contributed by atoms with Crippen molar-refractivity contribution in [1.29, 1.82) is 0 Å². The third kappa shape index (κ3) is 3.58. The fourth-order valence-electron chi connectivity index (χ4n) is 3.39. The summed E-state index contributed by atoms with van der Waals surface area (Å²) in [5, 5.41) is 2.93. The number of aromatic nitrogens is 1. The SMILES string of the molecule is O=C(CC1c2ccccc2NC(=O)N1Cc1ccccc1)c1ccccn1. The van der Waals surface area contributed by atoms with Gasteiger partial charge in [-0.2, -0.15) is 0 Å². The van der Waals surface area contributed by atoms with Gasteiger partial charge < -0.3 is 10.2 Å². The van der Waals surface area contributed by atoms with E-state index in [1.54, 1.807) is 29.3 Å². The first kappa shape index (κ1) is 17.0. The summed E-state index contributed by atoms with van der Waals surface area (Å²) in [7, 11) is 0. The molecule has 0 fully saturated rings. The average molecular weight is 357 g/mol. The second-order valence-electron chi connectivity index (χ2n) is 6.49. The maximum absolute atomic E-state index is 12.8. The van der Waals surface area contributed by atoms with E-state index in [2.05, 4.69) is 10.3 Å². The third-order valence-electron chi connectivity index (χ3n) is 4.72. The molecule has 27 heavy (non-hydrogen) atoms. The minimum absolute atomic E-state index is 0.0804. The van der Waals surface area contributed by atoms with E-state index in [0.717, 1.165) is 16.8 Å². The van der Waals surface area contributed by atoms with Crippen molar-refractivity contribution < 1.29 is 9.59 Å². The van der Waals surface area contributed by atoms with E-state index < -0.39 is 0 Å². The number of hydrogen-bond donors (Lipinski definition) is 1. The van der Waals surface area contributed by atoms with E-state index in [1.165, 1.54) is 0 Å². The fourth-order valence-corrected chi connectivity index (χ4v) is 3.39. The molecule has 5 nitrogen and oxygen atoms in total. The van der Waals surface area contributed by atoms with Crippen LogP contribution < -0.4 is 5.32 Å². The summed E-state index contributed by atoms with van der Waals surface area (Å²) in [5.41, 5.74) is 3.13. The molecule has 1 aliphatic rings. The van der Waals surface area contributed by atoms with Crippen molar-refractivity contribution in [2.45, 2.75) is 19.0 Å². The minimum atomic E-state index is -0.343. The van der Waals surface area contributed by atoms with E-state index in [1.807, 2.05) is 54.6 Å². The predicted octanol–water partition coefficient (Wildman–Crippen LogP) is 4.44. The first-order chi connectivity index (χ1) is 13.2. The van der Waals surface area contributed by atoms with Crippen molar-refractivity contribution in [1.82, 2.24) is 9.88 Å². The van der Waals surface area contributed by atoms with Crippen molar-refractivity contribution in [2.24, 2.45) is 0 Å². The molecule has 0 bridgehead atoms. The number of carbonyl (C=O) groups is 2. The van der Waals surface area contributed by atoms with Gasteiger partial charge in [0.2, 0.25) is 0 Å². The van der Waals surface area contributed by atoms with Crippen LogP contribution in [-0.2, 0) is 6.54 Å². The summed E-state index contributed by atoms with van der Waals surface area (Å²) in [6.45, 7) is 0.432. The van der Waals surface area contributed by atoms with Gasteiger partial charge in [0.05, 0.1) is 6.04 Å². The van der Waals surface area contributed by atoms with Gasteiger partial charge in [-0.25, -0.2) is 4.79 Å². The molecule has 134 valence electrons. The highest BCUT2D eigenvalue weighted by Crippen LogP contribution is 2.36. The Morgan fingerprint density at radius 3 is 2.48 bits per heavy atom. The van der Waals surface area contributed by atoms with Crippen LogP contribution in [0.3, 0.4) is 0 Å². The number of para-hydroxylation sites is 1. The Morgan fingerprint density at radius 2 is 1.70 bits per heavy atom. The molecule has 2 heterocycles. The quantitative estimate of drug-likeness (QED) is 0.687. The van der Waals surface area contributed by atoms with Gasteiger partial charge in [-0.1, -0.05) is 54.6 Å². The first-order valence-corrected chi connectivity index (χ1v) is 8.87. The van der Waals surface area contributed by atoms with Crippen LogP contribution in [0.5, 0.6) is 0 Å². The first-order valence-electron chi connectivity index (χ1n) is 8.87. The number of fused-ring (bicyclic) bond motifs is 1. The van der Waals surface area contributed by atoms with Gasteiger partial charge >= 0.3 is 6.03 Å². The highest BCUT2D eigenvalue weighted by Gasteiger charge is 2.34. The number of Topliss-reactive ketones (excluding diaryl/α,β-unsaturated/α-hetero) is 1. The number of pyridine rings is 1. The van der Waals surface area contributed by atoms with Gasteiger partial charge in [-0.15, -0.1) is 0 Å². The summed E-state index contributed by atoms with van der Waals surface area (Å²) in [4.78, 5) is 31.5. The number of hydrogen-bond acceptors (Lipinski definition) is 3. The summed E-state index contributed by atoms with van der Waals surface area (Å²) < 4.78 is 0. The maximum atomic E-state index is 12.8. The lowest BCUT2D eigenvalue weighted by atomic mass is 9.94. The minimum Gasteiger partial charge on any atom is -0.313 e. The number of anilines is 1. The van der Waals surface area contributed by atoms with Gasteiger partial charge in [0.1, 0.15) is 5.69 Å². The van der Waals surface area contributed by atoms with Crippen molar-refractivity contribution >= 4 is 17.5 Å². The maximum Gasteiger partial charge on any atom is 0.322 e. The number of ketones is 1. The predicted molar refractivity (Wildman–Crippen MR) is 103 cm³/mol. The smallest absolute Gasteiger partial charge is 0.313 e. The normalized spacial score (nSPS) is 15.8. The van der Waals surface area contributed by atoms with Crippen LogP contribution in [0.1, 0.15) is 34.1 Å². The van der Waals surface area contributed by atoms with E-state index in [9.17, 15) is 9.59 Å². The molecule has 1 atom stereocenters. The van der Waals surface area contributed by atoms with Crippen LogP contribution >= 0.6 is 0 Å². The van der Waals surface area contributed by atoms with Crippen molar-refractivity contribution in [3.63, 3.8) is 0 Å². The molecule has 0 saturated heterocycles. The summed E-state index contributed by atoms with van der Waals surface area (Å²) >= 11 is 0. The summed E-state index contributed by atoms with van der Waals surface area (Å²) in [5.74, 6) is -0.0804. The lowest BCUT2D eigenvalue weighted by Gasteiger charge is -2.37. The Kier molecular flexibility index (Phi) is 4.66. The molecule has 2 amide bonds.